The number of fused-ring (bicyclic) bond motifs is 1. The molecule has 4 rings (SSSR count). The second-order valence-corrected chi connectivity index (χ2v) is 12.1. The van der Waals surface area contributed by atoms with Crippen LogP contribution in [0.3, 0.4) is 0 Å². The molecule has 0 aliphatic carbocycles. The Balaban J connectivity index is 1.66. The van der Waals surface area contributed by atoms with Gasteiger partial charge in [0, 0.05) is 31.1 Å². The third-order valence-corrected chi connectivity index (χ3v) is 8.31. The van der Waals surface area contributed by atoms with Gasteiger partial charge in [-0.15, -0.1) is 0 Å². The second kappa shape index (κ2) is 10.1. The summed E-state index contributed by atoms with van der Waals surface area (Å²) in [6.07, 6.45) is 4.76. The zero-order chi connectivity index (χ0) is 26.1. The maximum Gasteiger partial charge on any atom is 0.268 e. The van der Waals surface area contributed by atoms with E-state index in [1.165, 1.54) is 43.6 Å². The van der Waals surface area contributed by atoms with E-state index < -0.39 is 20.7 Å². The first-order valence-electron chi connectivity index (χ1n) is 11.7. The molecule has 1 N–H and O–H groups in total. The summed E-state index contributed by atoms with van der Waals surface area (Å²) in [4.78, 5) is 15.0. The molecule has 3 heterocycles. The van der Waals surface area contributed by atoms with Crippen LogP contribution in [-0.2, 0) is 14.8 Å². The van der Waals surface area contributed by atoms with Gasteiger partial charge in [0.15, 0.2) is 0 Å². The summed E-state index contributed by atoms with van der Waals surface area (Å²) in [5.74, 6) is -0.488. The number of nitrogens with zero attached hydrogens (tertiary/aromatic N) is 3. The van der Waals surface area contributed by atoms with Gasteiger partial charge in [-0.2, -0.15) is 5.10 Å². The molecule has 1 aliphatic rings. The van der Waals surface area contributed by atoms with Gasteiger partial charge >= 0.3 is 0 Å². The van der Waals surface area contributed by atoms with E-state index in [0.717, 1.165) is 30.6 Å². The van der Waals surface area contributed by atoms with Crippen LogP contribution in [0.1, 0.15) is 55.6 Å². The Labute approximate surface area is 210 Å². The third-order valence-electron chi connectivity index (χ3n) is 6.24. The highest BCUT2D eigenvalue weighted by atomic mass is 32.2. The van der Waals surface area contributed by atoms with Crippen LogP contribution in [0.4, 0.5) is 10.1 Å². The maximum atomic E-state index is 14.2. The van der Waals surface area contributed by atoms with Gasteiger partial charge in [-0.3, -0.25) is 4.79 Å². The molecule has 1 aromatic carbocycles. The van der Waals surface area contributed by atoms with Gasteiger partial charge < -0.3 is 14.4 Å². The molecule has 0 radical (unpaired) electrons. The van der Waals surface area contributed by atoms with Crippen molar-refractivity contribution >= 4 is 27.1 Å². The lowest BCUT2D eigenvalue weighted by molar-refractivity contribution is 0.0982. The minimum Gasteiger partial charge on any atom is -0.491 e. The van der Waals surface area contributed by atoms with Gasteiger partial charge in [-0.25, -0.2) is 22.0 Å². The van der Waals surface area contributed by atoms with Crippen molar-refractivity contribution in [3.8, 4) is 5.75 Å². The average Bonchev–Trinajstić information content (AvgIpc) is 3.46. The lowest BCUT2D eigenvalue weighted by atomic mass is 10.0. The Morgan fingerprint density at radius 1 is 1.22 bits per heavy atom. The van der Waals surface area contributed by atoms with Crippen LogP contribution >= 0.6 is 0 Å². The summed E-state index contributed by atoms with van der Waals surface area (Å²) in [5.41, 5.74) is 2.17. The third kappa shape index (κ3) is 5.17. The summed E-state index contributed by atoms with van der Waals surface area (Å²) >= 11 is 0. The number of hydrogen-bond donors (Lipinski definition) is 1. The van der Waals surface area contributed by atoms with Gasteiger partial charge in [0.2, 0.25) is 10.0 Å². The van der Waals surface area contributed by atoms with Crippen molar-refractivity contribution in [1.82, 2.24) is 14.3 Å². The molecule has 1 aliphatic heterocycles. The largest absolute Gasteiger partial charge is 0.491 e. The molecule has 36 heavy (non-hydrogen) atoms. The van der Waals surface area contributed by atoms with E-state index in [2.05, 4.69) is 14.7 Å². The Morgan fingerprint density at radius 3 is 2.72 bits per heavy atom. The van der Waals surface area contributed by atoms with E-state index in [0.29, 0.717) is 24.5 Å². The number of benzene rings is 1. The predicted molar refractivity (Wildman–Crippen MR) is 134 cm³/mol. The van der Waals surface area contributed by atoms with E-state index in [1.807, 2.05) is 6.07 Å². The number of methoxy groups -OCH3 is 1. The molecule has 9 nitrogen and oxygen atoms in total. The van der Waals surface area contributed by atoms with Crippen molar-refractivity contribution in [1.29, 1.82) is 0 Å². The quantitative estimate of drug-likeness (QED) is 0.454. The molecule has 2 aromatic heterocycles. The number of hydrogen-bond acceptors (Lipinski definition) is 7. The fraction of sp³-hybridized carbons (Fsp3) is 0.440. The van der Waals surface area contributed by atoms with Gasteiger partial charge in [-0.05, 0) is 63.9 Å². The Kier molecular flexibility index (Phi) is 7.24. The van der Waals surface area contributed by atoms with Gasteiger partial charge in [0.1, 0.15) is 18.2 Å². The number of nitrogens with one attached hydrogen (secondary N) is 1. The molecule has 1 unspecified atom stereocenters. The van der Waals surface area contributed by atoms with Crippen molar-refractivity contribution in [3.05, 3.63) is 59.7 Å². The summed E-state index contributed by atoms with van der Waals surface area (Å²) in [6.45, 7) is 6.04. The van der Waals surface area contributed by atoms with Gasteiger partial charge in [0.05, 0.1) is 34.7 Å². The zero-order valence-electron chi connectivity index (χ0n) is 20.8. The molecule has 1 atom stereocenters. The molecular formula is C25H31FN4O5S. The Bertz CT molecular complexity index is 1370. The number of amides is 1. The first kappa shape index (κ1) is 25.9. The van der Waals surface area contributed by atoms with Crippen molar-refractivity contribution in [2.24, 2.45) is 0 Å². The fourth-order valence-corrected chi connectivity index (χ4v) is 4.86. The zero-order valence-corrected chi connectivity index (χ0v) is 21.6. The summed E-state index contributed by atoms with van der Waals surface area (Å²) in [6, 6.07) is 8.04. The van der Waals surface area contributed by atoms with Crippen molar-refractivity contribution < 1.29 is 27.1 Å². The van der Waals surface area contributed by atoms with Crippen molar-refractivity contribution in [2.45, 2.75) is 44.4 Å². The molecular weight excluding hydrogens is 487 g/mol. The van der Waals surface area contributed by atoms with E-state index in [9.17, 15) is 17.6 Å². The maximum absolute atomic E-state index is 14.2. The van der Waals surface area contributed by atoms with Crippen LogP contribution in [-0.4, -0.2) is 55.6 Å². The lowest BCUT2D eigenvalue weighted by Gasteiger charge is -2.28. The topological polar surface area (TPSA) is 102 Å². The Hall–Kier alpha value is -3.18. The molecule has 3 aromatic rings. The van der Waals surface area contributed by atoms with Crippen LogP contribution in [0.5, 0.6) is 5.75 Å². The van der Waals surface area contributed by atoms with Crippen LogP contribution in [0.25, 0.3) is 5.52 Å². The first-order valence-corrected chi connectivity index (χ1v) is 13.2. The van der Waals surface area contributed by atoms with Crippen LogP contribution in [0, 0.1) is 5.82 Å². The highest BCUT2D eigenvalue weighted by molar-refractivity contribution is 7.91. The van der Waals surface area contributed by atoms with Gasteiger partial charge in [0.25, 0.3) is 5.91 Å². The molecule has 11 heteroatoms. The van der Waals surface area contributed by atoms with Crippen LogP contribution < -0.4 is 14.4 Å². The van der Waals surface area contributed by atoms with E-state index in [1.54, 1.807) is 25.4 Å². The number of halogens is 1. The lowest BCUT2D eigenvalue weighted by Crippen LogP contribution is -2.42. The highest BCUT2D eigenvalue weighted by Crippen LogP contribution is 2.40. The van der Waals surface area contributed by atoms with Crippen LogP contribution in [0.2, 0.25) is 0 Å². The number of ether oxygens (including phenoxy) is 2. The molecule has 0 saturated carbocycles. The van der Waals surface area contributed by atoms with Crippen molar-refractivity contribution in [3.63, 3.8) is 0 Å². The smallest absolute Gasteiger partial charge is 0.268 e. The number of aromatic nitrogens is 2. The van der Waals surface area contributed by atoms with Crippen LogP contribution in [0.15, 0.2) is 42.7 Å². The molecule has 1 saturated heterocycles. The number of pyridine rings is 1. The van der Waals surface area contributed by atoms with E-state index >= 15 is 0 Å². The number of rotatable bonds is 8. The van der Waals surface area contributed by atoms with E-state index in [-0.39, 0.29) is 17.4 Å². The molecule has 0 spiro atoms. The molecule has 194 valence electrons. The summed E-state index contributed by atoms with van der Waals surface area (Å²) < 4.78 is 52.7. The average molecular weight is 519 g/mol. The summed E-state index contributed by atoms with van der Waals surface area (Å²) in [7, 11) is -2.30. The standard InChI is InChI=1S/C25H31FN4O5S/c1-25(2,3)36(32,33)28-24(31)20-16-27-30-11-9-18(15-22(20)30)29-10-5-6-21(29)19-14-17(26)7-8-23(19)35-13-12-34-4/h7-9,11,14-16,21H,5-6,10,12-13H2,1-4H3,(H,28,31). The first-order chi connectivity index (χ1) is 17.0. The number of carbonyl (C=O) groups is 1. The fourth-order valence-electron chi connectivity index (χ4n) is 4.20. The van der Waals surface area contributed by atoms with E-state index in [4.69, 9.17) is 9.47 Å². The number of carbonyl (C=O) groups excluding carboxylic acids is 1. The molecule has 0 bridgehead atoms. The molecule has 1 amide bonds. The van der Waals surface area contributed by atoms with Crippen molar-refractivity contribution in [2.75, 3.05) is 31.8 Å². The number of sulfonamides is 1. The predicted octanol–water partition coefficient (Wildman–Crippen LogP) is 3.70. The normalized spacial score (nSPS) is 16.5. The van der Waals surface area contributed by atoms with Gasteiger partial charge in [-0.1, -0.05) is 0 Å². The summed E-state index contributed by atoms with van der Waals surface area (Å²) in [5, 5.41) is 4.21. The SMILES string of the molecule is COCCOc1ccc(F)cc1C1CCCN1c1ccn2ncc(C(=O)NS(=O)(=O)C(C)(C)C)c2c1. The minimum atomic E-state index is -3.89. The highest BCUT2D eigenvalue weighted by Gasteiger charge is 2.33. The number of anilines is 1. The second-order valence-electron chi connectivity index (χ2n) is 9.69. The Morgan fingerprint density at radius 2 is 2.00 bits per heavy atom. The monoisotopic (exact) mass is 518 g/mol. The minimum absolute atomic E-state index is 0.137. The molecule has 1 fully saturated rings.